The van der Waals surface area contributed by atoms with Crippen LogP contribution in [-0.4, -0.2) is 22.0 Å². The summed E-state index contributed by atoms with van der Waals surface area (Å²) in [7, 11) is 0. The van der Waals surface area contributed by atoms with Gasteiger partial charge in [0.1, 0.15) is 0 Å². The number of aromatic nitrogens is 1. The highest BCUT2D eigenvalue weighted by atomic mass is 32.1. The number of thiophene rings is 2. The van der Waals surface area contributed by atoms with Crippen LogP contribution in [0.15, 0.2) is 54.7 Å². The van der Waals surface area contributed by atoms with Crippen LogP contribution < -0.4 is 10.8 Å². The summed E-state index contributed by atoms with van der Waals surface area (Å²) in [6, 6.07) is 15.3. The quantitative estimate of drug-likeness (QED) is 0.286. The van der Waals surface area contributed by atoms with Gasteiger partial charge < -0.3 is 10.3 Å². The number of rotatable bonds is 5. The van der Waals surface area contributed by atoms with Crippen molar-refractivity contribution in [2.75, 3.05) is 0 Å². The van der Waals surface area contributed by atoms with E-state index in [9.17, 15) is 9.59 Å². The topological polar surface area (TPSA) is 94.2 Å². The number of nitrogens with one attached hydrogen (secondary N) is 3. The Morgan fingerprint density at radius 2 is 1.79 bits per heavy atom. The molecule has 8 heteroatoms. The van der Waals surface area contributed by atoms with Crippen molar-refractivity contribution in [2.45, 2.75) is 13.0 Å². The molecular weight excluding hydrogens is 394 g/mol. The van der Waals surface area contributed by atoms with E-state index in [4.69, 9.17) is 5.21 Å². The van der Waals surface area contributed by atoms with E-state index in [1.165, 1.54) is 6.07 Å². The minimum absolute atomic E-state index is 0.167. The molecule has 0 aliphatic rings. The van der Waals surface area contributed by atoms with Crippen LogP contribution in [-0.2, 0) is 0 Å². The molecular formula is C20H17N3O3S2. The molecule has 0 radical (unpaired) electrons. The number of benzene rings is 1. The van der Waals surface area contributed by atoms with Crippen LogP contribution in [0.1, 0.15) is 37.2 Å². The maximum atomic E-state index is 12.5. The monoisotopic (exact) mass is 411 g/mol. The molecule has 0 saturated heterocycles. The van der Waals surface area contributed by atoms with Gasteiger partial charge in [-0.25, -0.2) is 5.48 Å². The molecule has 3 aromatic heterocycles. The number of hydrogen-bond donors (Lipinski definition) is 4. The molecule has 0 spiro atoms. The Hall–Kier alpha value is -2.94. The predicted octanol–water partition coefficient (Wildman–Crippen LogP) is 4.57. The number of H-pyrrole nitrogens is 1. The third-order valence-corrected chi connectivity index (χ3v) is 6.79. The summed E-state index contributed by atoms with van der Waals surface area (Å²) in [5.74, 6) is -0.877. The molecule has 3 heterocycles. The van der Waals surface area contributed by atoms with Crippen LogP contribution in [0.5, 0.6) is 0 Å². The Bertz CT molecular complexity index is 1160. The summed E-state index contributed by atoms with van der Waals surface area (Å²) >= 11 is 2.67. The Morgan fingerprint density at radius 1 is 1.00 bits per heavy atom. The van der Waals surface area contributed by atoms with Crippen LogP contribution in [0.2, 0.25) is 0 Å². The van der Waals surface area contributed by atoms with Crippen molar-refractivity contribution in [1.29, 1.82) is 0 Å². The van der Waals surface area contributed by atoms with E-state index < -0.39 is 5.91 Å². The Kier molecular flexibility index (Phi) is 4.99. The van der Waals surface area contributed by atoms with Gasteiger partial charge in [0.2, 0.25) is 0 Å². The largest absolute Gasteiger partial charge is 0.361 e. The van der Waals surface area contributed by atoms with Crippen molar-refractivity contribution in [2.24, 2.45) is 0 Å². The van der Waals surface area contributed by atoms with Gasteiger partial charge >= 0.3 is 0 Å². The van der Waals surface area contributed by atoms with E-state index in [0.717, 1.165) is 37.6 Å². The van der Waals surface area contributed by atoms with Gasteiger partial charge in [0.25, 0.3) is 11.8 Å². The zero-order chi connectivity index (χ0) is 19.7. The fourth-order valence-electron chi connectivity index (χ4n) is 2.92. The Morgan fingerprint density at radius 3 is 2.57 bits per heavy atom. The predicted molar refractivity (Wildman–Crippen MR) is 111 cm³/mol. The van der Waals surface area contributed by atoms with E-state index in [1.807, 2.05) is 25.3 Å². The van der Waals surface area contributed by atoms with Gasteiger partial charge in [0, 0.05) is 21.5 Å². The lowest BCUT2D eigenvalue weighted by molar-refractivity contribution is 0.0711. The van der Waals surface area contributed by atoms with Gasteiger partial charge in [-0.2, -0.15) is 0 Å². The van der Waals surface area contributed by atoms with Gasteiger partial charge in [-0.15, -0.1) is 22.7 Å². The summed E-state index contributed by atoms with van der Waals surface area (Å²) < 4.78 is 0. The average molecular weight is 412 g/mol. The maximum Gasteiger partial charge on any atom is 0.284 e. The Balaban J connectivity index is 1.48. The minimum Gasteiger partial charge on any atom is -0.361 e. The summed E-state index contributed by atoms with van der Waals surface area (Å²) in [4.78, 5) is 29.9. The highest BCUT2D eigenvalue weighted by Gasteiger charge is 2.17. The van der Waals surface area contributed by atoms with Gasteiger partial charge in [-0.1, -0.05) is 6.07 Å². The second kappa shape index (κ2) is 7.59. The van der Waals surface area contributed by atoms with Gasteiger partial charge in [-0.3, -0.25) is 14.8 Å². The molecule has 4 aromatic rings. The fourth-order valence-corrected chi connectivity index (χ4v) is 4.73. The summed E-state index contributed by atoms with van der Waals surface area (Å²) in [5.41, 5.74) is 3.81. The number of carbonyl (C=O) groups is 2. The van der Waals surface area contributed by atoms with Crippen LogP contribution >= 0.6 is 22.7 Å². The number of aromatic amines is 1. The molecule has 6 nitrogen and oxygen atoms in total. The van der Waals surface area contributed by atoms with Gasteiger partial charge in [0.05, 0.1) is 15.8 Å². The van der Waals surface area contributed by atoms with Crippen molar-refractivity contribution in [3.05, 3.63) is 69.4 Å². The van der Waals surface area contributed by atoms with Crippen molar-refractivity contribution < 1.29 is 14.8 Å². The number of carbonyl (C=O) groups excluding carboxylic acids is 2. The lowest BCUT2D eigenvalue weighted by Gasteiger charge is -2.11. The van der Waals surface area contributed by atoms with Crippen LogP contribution in [0, 0.1) is 0 Å². The zero-order valence-corrected chi connectivity index (χ0v) is 16.5. The summed E-state index contributed by atoms with van der Waals surface area (Å²) in [6.07, 6.45) is 1.92. The first kappa shape index (κ1) is 18.4. The second-order valence-corrected chi connectivity index (χ2v) is 8.48. The normalized spacial score (nSPS) is 12.1. The molecule has 0 fully saturated rings. The van der Waals surface area contributed by atoms with Crippen LogP contribution in [0.4, 0.5) is 0 Å². The highest BCUT2D eigenvalue weighted by Crippen LogP contribution is 2.33. The van der Waals surface area contributed by atoms with E-state index in [0.29, 0.717) is 4.88 Å². The molecule has 0 aliphatic carbocycles. The SMILES string of the molecule is CC(NC(=O)c1ccc(C(=O)NO)s1)c1ccc(-c2ccc3[nH]ccc3c2)s1. The number of hydroxylamine groups is 1. The molecule has 142 valence electrons. The highest BCUT2D eigenvalue weighted by molar-refractivity contribution is 7.16. The van der Waals surface area contributed by atoms with Gasteiger partial charge in [-0.05, 0) is 60.3 Å². The molecule has 1 atom stereocenters. The number of hydrogen-bond acceptors (Lipinski definition) is 5. The molecule has 2 amide bonds. The molecule has 0 aliphatic heterocycles. The fraction of sp³-hybridized carbons (Fsp3) is 0.100. The summed E-state index contributed by atoms with van der Waals surface area (Å²) in [6.45, 7) is 1.93. The second-order valence-electron chi connectivity index (χ2n) is 6.28. The van der Waals surface area contributed by atoms with Crippen molar-refractivity contribution in [1.82, 2.24) is 15.8 Å². The van der Waals surface area contributed by atoms with E-state index >= 15 is 0 Å². The summed E-state index contributed by atoms with van der Waals surface area (Å²) in [5, 5.41) is 12.8. The van der Waals surface area contributed by atoms with Crippen LogP contribution in [0.3, 0.4) is 0 Å². The molecule has 0 saturated carbocycles. The smallest absolute Gasteiger partial charge is 0.284 e. The standard InChI is InChI=1S/C20H17N3O3S2/c1-11(22-19(24)17-6-7-18(28-17)20(25)23-26)15-4-5-16(27-15)13-2-3-14-12(10-13)8-9-21-14/h2-11,21,26H,1H3,(H,22,24)(H,23,25). The van der Waals surface area contributed by atoms with Crippen LogP contribution in [0.25, 0.3) is 21.3 Å². The van der Waals surface area contributed by atoms with Crippen molar-refractivity contribution in [3.8, 4) is 10.4 Å². The number of amides is 2. The molecule has 1 unspecified atom stereocenters. The average Bonchev–Trinajstić information content (AvgIpc) is 3.46. The first-order valence-electron chi connectivity index (χ1n) is 8.57. The molecule has 1 aromatic carbocycles. The first-order valence-corrected chi connectivity index (χ1v) is 10.2. The van der Waals surface area contributed by atoms with E-state index in [-0.39, 0.29) is 16.8 Å². The third kappa shape index (κ3) is 3.57. The maximum absolute atomic E-state index is 12.5. The Labute approximate surface area is 168 Å². The van der Waals surface area contributed by atoms with E-state index in [1.54, 1.807) is 22.9 Å². The van der Waals surface area contributed by atoms with Crippen molar-refractivity contribution in [3.63, 3.8) is 0 Å². The lowest BCUT2D eigenvalue weighted by atomic mass is 10.1. The minimum atomic E-state index is -0.626. The number of fused-ring (bicyclic) bond motifs is 1. The molecule has 4 rings (SSSR count). The first-order chi connectivity index (χ1) is 13.5. The lowest BCUT2D eigenvalue weighted by Crippen LogP contribution is -2.25. The van der Waals surface area contributed by atoms with Gasteiger partial charge in [0.15, 0.2) is 0 Å². The molecule has 28 heavy (non-hydrogen) atoms. The third-order valence-electron chi connectivity index (χ3n) is 4.39. The van der Waals surface area contributed by atoms with E-state index in [2.05, 4.69) is 34.6 Å². The molecule has 4 N–H and O–H groups in total. The van der Waals surface area contributed by atoms with Crippen molar-refractivity contribution >= 4 is 45.4 Å². The zero-order valence-electron chi connectivity index (χ0n) is 14.9. The molecule has 0 bridgehead atoms.